The van der Waals surface area contributed by atoms with E-state index in [9.17, 15) is 0 Å². The van der Waals surface area contributed by atoms with Gasteiger partial charge in [0.1, 0.15) is 12.4 Å². The van der Waals surface area contributed by atoms with Crippen LogP contribution in [-0.4, -0.2) is 45.1 Å². The van der Waals surface area contributed by atoms with Gasteiger partial charge in [0.2, 0.25) is 5.89 Å². The van der Waals surface area contributed by atoms with Crippen molar-refractivity contribution in [2.45, 2.75) is 36.3 Å². The minimum absolute atomic E-state index is 0. The number of nitrogens with zero attached hydrogens (tertiary/aromatic N) is 5. The summed E-state index contributed by atoms with van der Waals surface area (Å²) in [6.07, 6.45) is 2.22. The maximum Gasteiger partial charge on any atom is 0.237 e. The van der Waals surface area contributed by atoms with Gasteiger partial charge in [-0.1, -0.05) is 16.9 Å². The van der Waals surface area contributed by atoms with Crippen LogP contribution >= 0.6 is 24.2 Å². The van der Waals surface area contributed by atoms with Crippen LogP contribution in [0.15, 0.2) is 9.68 Å². The Labute approximate surface area is 145 Å². The largest absolute Gasteiger partial charge is 0.377 e. The molecule has 0 unspecified atom stereocenters. The van der Waals surface area contributed by atoms with Crippen LogP contribution in [0.1, 0.15) is 36.3 Å². The third kappa shape index (κ3) is 4.43. The average molecular weight is 361 g/mol. The predicted molar refractivity (Wildman–Crippen MR) is 87.7 cm³/mol. The van der Waals surface area contributed by atoms with Gasteiger partial charge < -0.3 is 19.1 Å². The Morgan fingerprint density at radius 3 is 2.87 bits per heavy atom. The lowest BCUT2D eigenvalue weighted by atomic mass is 9.97. The molecule has 0 radical (unpaired) electrons. The van der Waals surface area contributed by atoms with Gasteiger partial charge in [-0.3, -0.25) is 0 Å². The molecular formula is C13H21ClN6O2S. The van der Waals surface area contributed by atoms with E-state index >= 15 is 0 Å². The fourth-order valence-corrected chi connectivity index (χ4v) is 3.31. The third-order valence-electron chi connectivity index (χ3n) is 3.68. The van der Waals surface area contributed by atoms with E-state index in [0.29, 0.717) is 30.0 Å². The number of hydrogen-bond donors (Lipinski definition) is 1. The molecule has 1 fully saturated rings. The van der Waals surface area contributed by atoms with E-state index in [1.807, 2.05) is 7.05 Å². The Bertz CT molecular complexity index is 613. The molecule has 1 aliphatic rings. The Hall–Kier alpha value is -1.16. The highest BCUT2D eigenvalue weighted by Gasteiger charge is 2.22. The van der Waals surface area contributed by atoms with Gasteiger partial charge in [-0.05, 0) is 25.9 Å². The van der Waals surface area contributed by atoms with Crippen LogP contribution in [-0.2, 0) is 24.1 Å². The maximum absolute atomic E-state index is 5.17. The normalized spacial score (nSPS) is 15.6. The highest BCUT2D eigenvalue weighted by atomic mass is 35.5. The second kappa shape index (κ2) is 8.62. The molecule has 3 rings (SSSR count). The minimum atomic E-state index is 0. The summed E-state index contributed by atoms with van der Waals surface area (Å²) in [4.78, 5) is 4.25. The molecule has 0 saturated carbocycles. The van der Waals surface area contributed by atoms with Crippen LogP contribution in [0.5, 0.6) is 0 Å². The molecule has 10 heteroatoms. The highest BCUT2D eigenvalue weighted by molar-refractivity contribution is 7.98. The van der Waals surface area contributed by atoms with Crippen LogP contribution < -0.4 is 5.32 Å². The zero-order valence-electron chi connectivity index (χ0n) is 13.2. The van der Waals surface area contributed by atoms with Crippen molar-refractivity contribution < 1.29 is 9.26 Å². The summed E-state index contributed by atoms with van der Waals surface area (Å²) in [6.45, 7) is 2.45. The Morgan fingerprint density at radius 2 is 2.13 bits per heavy atom. The van der Waals surface area contributed by atoms with Crippen LogP contribution in [0.3, 0.4) is 0 Å². The van der Waals surface area contributed by atoms with Crippen molar-refractivity contribution >= 4 is 24.2 Å². The molecule has 3 heterocycles. The number of hydrogen-bond acceptors (Lipinski definition) is 8. The average Bonchev–Trinajstić information content (AvgIpc) is 3.13. The highest BCUT2D eigenvalue weighted by Crippen LogP contribution is 2.27. The lowest BCUT2D eigenvalue weighted by molar-refractivity contribution is 0.174. The molecule has 2 aromatic heterocycles. The predicted octanol–water partition coefficient (Wildman–Crippen LogP) is 1.53. The van der Waals surface area contributed by atoms with Gasteiger partial charge in [0, 0.05) is 20.1 Å². The molecule has 0 amide bonds. The standard InChI is InChI=1S/C13H20N6O2S.ClH/c1-19-12(9-3-5-14-6-4-9)16-17-13(19)22-8-11-15-10(7-20-2)18-21-11;/h9,14H,3-8H2,1-2H3;1H. The lowest BCUT2D eigenvalue weighted by Crippen LogP contribution is -2.27. The molecule has 1 saturated heterocycles. The molecule has 0 atom stereocenters. The molecule has 0 aliphatic carbocycles. The van der Waals surface area contributed by atoms with Crippen molar-refractivity contribution in [2.24, 2.45) is 7.05 Å². The van der Waals surface area contributed by atoms with Gasteiger partial charge in [0.25, 0.3) is 0 Å². The van der Waals surface area contributed by atoms with Crippen LogP contribution in [0.2, 0.25) is 0 Å². The van der Waals surface area contributed by atoms with Crippen molar-refractivity contribution in [3.05, 3.63) is 17.5 Å². The first-order valence-corrected chi connectivity index (χ1v) is 8.29. The fourth-order valence-electron chi connectivity index (χ4n) is 2.55. The van der Waals surface area contributed by atoms with Gasteiger partial charge in [-0.2, -0.15) is 4.98 Å². The molecule has 128 valence electrons. The first-order valence-electron chi connectivity index (χ1n) is 7.31. The van der Waals surface area contributed by atoms with Crippen molar-refractivity contribution in [1.29, 1.82) is 0 Å². The summed E-state index contributed by atoms with van der Waals surface area (Å²) in [6, 6.07) is 0. The minimum Gasteiger partial charge on any atom is -0.377 e. The quantitative estimate of drug-likeness (QED) is 0.775. The van der Waals surface area contributed by atoms with Gasteiger partial charge in [-0.25, -0.2) is 0 Å². The number of aromatic nitrogens is 5. The van der Waals surface area contributed by atoms with Crippen LogP contribution in [0.4, 0.5) is 0 Å². The Kier molecular flexibility index (Phi) is 6.82. The van der Waals surface area contributed by atoms with E-state index in [0.717, 1.165) is 36.9 Å². The smallest absolute Gasteiger partial charge is 0.237 e. The monoisotopic (exact) mass is 360 g/mol. The van der Waals surface area contributed by atoms with Crippen molar-refractivity contribution in [3.8, 4) is 0 Å². The molecule has 23 heavy (non-hydrogen) atoms. The third-order valence-corrected chi connectivity index (χ3v) is 4.69. The lowest BCUT2D eigenvalue weighted by Gasteiger charge is -2.21. The van der Waals surface area contributed by atoms with Gasteiger partial charge >= 0.3 is 0 Å². The number of thioether (sulfide) groups is 1. The first kappa shape index (κ1) is 18.2. The summed E-state index contributed by atoms with van der Waals surface area (Å²) < 4.78 is 12.2. The fraction of sp³-hybridized carbons (Fsp3) is 0.692. The summed E-state index contributed by atoms with van der Waals surface area (Å²) in [5, 5.41) is 16.7. The van der Waals surface area contributed by atoms with Crippen molar-refractivity contribution in [3.63, 3.8) is 0 Å². The number of methoxy groups -OCH3 is 1. The second-order valence-electron chi connectivity index (χ2n) is 5.25. The number of ether oxygens (including phenoxy) is 1. The molecule has 1 aliphatic heterocycles. The van der Waals surface area contributed by atoms with E-state index < -0.39 is 0 Å². The van der Waals surface area contributed by atoms with Gasteiger partial charge in [0.05, 0.1) is 5.75 Å². The number of rotatable bonds is 6. The number of nitrogens with one attached hydrogen (secondary N) is 1. The SMILES string of the molecule is COCc1noc(CSc2nnc(C3CCNCC3)n2C)n1.Cl. The molecule has 2 aromatic rings. The molecule has 0 aromatic carbocycles. The van der Waals surface area contributed by atoms with Crippen molar-refractivity contribution in [2.75, 3.05) is 20.2 Å². The van der Waals surface area contributed by atoms with Gasteiger partial charge in [0.15, 0.2) is 11.0 Å². The van der Waals surface area contributed by atoms with E-state index in [2.05, 4.69) is 30.2 Å². The van der Waals surface area contributed by atoms with E-state index in [-0.39, 0.29) is 12.4 Å². The molecule has 0 bridgehead atoms. The van der Waals surface area contributed by atoms with E-state index in [1.165, 1.54) is 0 Å². The number of halogens is 1. The Balaban J connectivity index is 0.00000192. The second-order valence-corrected chi connectivity index (χ2v) is 6.19. The van der Waals surface area contributed by atoms with Crippen LogP contribution in [0, 0.1) is 0 Å². The number of piperidine rings is 1. The summed E-state index contributed by atoms with van der Waals surface area (Å²) >= 11 is 1.55. The van der Waals surface area contributed by atoms with Gasteiger partial charge in [-0.15, -0.1) is 22.6 Å². The van der Waals surface area contributed by atoms with E-state index in [4.69, 9.17) is 9.26 Å². The molecular weight excluding hydrogens is 340 g/mol. The summed E-state index contributed by atoms with van der Waals surface area (Å²) in [7, 11) is 3.62. The molecule has 1 N–H and O–H groups in total. The first-order chi connectivity index (χ1) is 10.8. The van der Waals surface area contributed by atoms with Crippen molar-refractivity contribution in [1.82, 2.24) is 30.2 Å². The molecule has 0 spiro atoms. The van der Waals surface area contributed by atoms with Crippen LogP contribution in [0.25, 0.3) is 0 Å². The Morgan fingerprint density at radius 1 is 1.35 bits per heavy atom. The molecule has 8 nitrogen and oxygen atoms in total. The summed E-state index contributed by atoms with van der Waals surface area (Å²) in [5.41, 5.74) is 0. The maximum atomic E-state index is 5.17. The zero-order chi connectivity index (χ0) is 15.4. The topological polar surface area (TPSA) is 90.9 Å². The van der Waals surface area contributed by atoms with E-state index in [1.54, 1.807) is 18.9 Å². The summed E-state index contributed by atoms with van der Waals surface area (Å²) in [5.74, 6) is 3.27. The zero-order valence-corrected chi connectivity index (χ0v) is 14.8.